The minimum Gasteiger partial charge on any atom is -0.494 e. The predicted octanol–water partition coefficient (Wildman–Crippen LogP) is 4.68. The van der Waals surface area contributed by atoms with Crippen LogP contribution in [0.5, 0.6) is 11.5 Å². The number of fused-ring (bicyclic) bond motifs is 1. The third kappa shape index (κ3) is 6.73. The zero-order valence-corrected chi connectivity index (χ0v) is 20.4. The molecular formula is C28H38N2O4. The molecule has 0 atom stereocenters. The summed E-state index contributed by atoms with van der Waals surface area (Å²) in [4.78, 5) is 15.2. The molecule has 0 aliphatic carbocycles. The number of carbonyl (C=O) groups is 1. The molecule has 0 aromatic heterocycles. The lowest BCUT2D eigenvalue weighted by atomic mass is 9.75. The van der Waals surface area contributed by atoms with Gasteiger partial charge in [0.25, 0.3) is 5.91 Å². The largest absolute Gasteiger partial charge is 0.494 e. The fourth-order valence-electron chi connectivity index (χ4n) is 4.92. The van der Waals surface area contributed by atoms with Gasteiger partial charge in [-0.15, -0.1) is 0 Å². The Kier molecular flexibility index (Phi) is 8.83. The minimum absolute atomic E-state index is 0.101. The fourth-order valence-corrected chi connectivity index (χ4v) is 4.92. The molecule has 1 N–H and O–H groups in total. The molecule has 1 fully saturated rings. The van der Waals surface area contributed by atoms with E-state index in [0.717, 1.165) is 64.1 Å². The van der Waals surface area contributed by atoms with Crippen molar-refractivity contribution in [1.29, 1.82) is 0 Å². The number of ether oxygens (including phenoxy) is 3. The van der Waals surface area contributed by atoms with Crippen molar-refractivity contribution in [1.82, 2.24) is 10.2 Å². The van der Waals surface area contributed by atoms with Crippen molar-refractivity contribution < 1.29 is 19.0 Å². The van der Waals surface area contributed by atoms with Crippen molar-refractivity contribution in [3.05, 3.63) is 59.7 Å². The predicted molar refractivity (Wildman–Crippen MR) is 133 cm³/mol. The van der Waals surface area contributed by atoms with Crippen molar-refractivity contribution in [3.63, 3.8) is 0 Å². The van der Waals surface area contributed by atoms with Crippen LogP contribution >= 0.6 is 0 Å². The summed E-state index contributed by atoms with van der Waals surface area (Å²) in [5.74, 6) is 1.50. The van der Waals surface area contributed by atoms with E-state index in [2.05, 4.69) is 34.5 Å². The van der Waals surface area contributed by atoms with Crippen molar-refractivity contribution in [2.45, 2.75) is 45.6 Å². The molecule has 0 saturated carbocycles. The van der Waals surface area contributed by atoms with E-state index in [1.165, 1.54) is 5.56 Å². The normalized spacial score (nSPS) is 20.0. The molecule has 2 aliphatic heterocycles. The first kappa shape index (κ1) is 24.6. The average molecular weight is 467 g/mol. The molecule has 184 valence electrons. The third-order valence-corrected chi connectivity index (χ3v) is 7.00. The monoisotopic (exact) mass is 466 g/mol. The maximum atomic E-state index is 12.7. The minimum atomic E-state index is -0.101. The number of carbonyl (C=O) groups excluding carboxylic acids is 1. The van der Waals surface area contributed by atoms with Crippen molar-refractivity contribution in [2.75, 3.05) is 46.1 Å². The van der Waals surface area contributed by atoms with Crippen LogP contribution in [0.2, 0.25) is 0 Å². The standard InChI is InChI=1S/C28H38N2O4/c1-2-33-24-11-9-23(10-12-24)21-30-17-14-28(15-18-30)13-5-6-19-32-20-16-29-27(31)25-7-3-4-8-26(25)34-22-28/h3-4,7-12H,2,5-6,13-22H2,1H3,(H,29,31). The molecule has 1 saturated heterocycles. The SMILES string of the molecule is CCOc1ccc(CN2CCC3(CCCCOCCNC(=O)c4ccccc4OC3)CC2)cc1. The van der Waals surface area contributed by atoms with Crippen LogP contribution in [-0.2, 0) is 11.3 Å². The summed E-state index contributed by atoms with van der Waals surface area (Å²) in [6, 6.07) is 16.0. The van der Waals surface area contributed by atoms with Gasteiger partial charge in [0.15, 0.2) is 0 Å². The van der Waals surface area contributed by atoms with Gasteiger partial charge in [-0.3, -0.25) is 9.69 Å². The Bertz CT molecular complexity index is 907. The van der Waals surface area contributed by atoms with Gasteiger partial charge in [0, 0.05) is 25.1 Å². The first-order valence-electron chi connectivity index (χ1n) is 12.7. The second-order valence-electron chi connectivity index (χ2n) is 9.46. The molecule has 2 aliphatic rings. The average Bonchev–Trinajstić information content (AvgIpc) is 2.87. The number of benzene rings is 2. The number of hydrogen-bond donors (Lipinski definition) is 1. The Labute approximate surface area is 203 Å². The van der Waals surface area contributed by atoms with Gasteiger partial charge < -0.3 is 19.5 Å². The summed E-state index contributed by atoms with van der Waals surface area (Å²) in [7, 11) is 0. The maximum Gasteiger partial charge on any atom is 0.255 e. The van der Waals surface area contributed by atoms with E-state index >= 15 is 0 Å². The Hall–Kier alpha value is -2.57. The van der Waals surface area contributed by atoms with E-state index in [1.54, 1.807) is 0 Å². The molecule has 2 aromatic rings. The fraction of sp³-hybridized carbons (Fsp3) is 0.536. The van der Waals surface area contributed by atoms with Crippen molar-refractivity contribution in [3.8, 4) is 11.5 Å². The summed E-state index contributed by atoms with van der Waals surface area (Å²) in [5.41, 5.74) is 2.05. The molecule has 34 heavy (non-hydrogen) atoms. The molecular weight excluding hydrogens is 428 g/mol. The topological polar surface area (TPSA) is 60.0 Å². The van der Waals surface area contributed by atoms with Crippen LogP contribution in [0.4, 0.5) is 0 Å². The first-order valence-corrected chi connectivity index (χ1v) is 12.7. The number of para-hydroxylation sites is 1. The van der Waals surface area contributed by atoms with Gasteiger partial charge in [-0.2, -0.15) is 0 Å². The van der Waals surface area contributed by atoms with Gasteiger partial charge in [0.05, 0.1) is 25.4 Å². The molecule has 0 radical (unpaired) electrons. The number of piperidine rings is 1. The molecule has 0 bridgehead atoms. The number of nitrogens with one attached hydrogen (secondary N) is 1. The molecule has 1 amide bonds. The summed E-state index contributed by atoms with van der Waals surface area (Å²) >= 11 is 0. The van der Waals surface area contributed by atoms with E-state index in [0.29, 0.717) is 37.7 Å². The Morgan fingerprint density at radius 1 is 1.00 bits per heavy atom. The Morgan fingerprint density at radius 3 is 2.59 bits per heavy atom. The van der Waals surface area contributed by atoms with Crippen LogP contribution in [0.3, 0.4) is 0 Å². The van der Waals surface area contributed by atoms with Crippen LogP contribution in [0.1, 0.15) is 54.9 Å². The molecule has 0 unspecified atom stereocenters. The van der Waals surface area contributed by atoms with Crippen LogP contribution in [0.15, 0.2) is 48.5 Å². The molecule has 6 nitrogen and oxygen atoms in total. The van der Waals surface area contributed by atoms with Gasteiger partial charge in [0.2, 0.25) is 0 Å². The Balaban J connectivity index is 1.40. The van der Waals surface area contributed by atoms with Crippen LogP contribution in [0, 0.1) is 5.41 Å². The molecule has 2 aromatic carbocycles. The van der Waals surface area contributed by atoms with E-state index < -0.39 is 0 Å². The van der Waals surface area contributed by atoms with Gasteiger partial charge >= 0.3 is 0 Å². The summed E-state index contributed by atoms with van der Waals surface area (Å²) in [6.45, 7) is 8.21. The second-order valence-corrected chi connectivity index (χ2v) is 9.46. The van der Waals surface area contributed by atoms with Crippen molar-refractivity contribution >= 4 is 5.91 Å². The van der Waals surface area contributed by atoms with Crippen LogP contribution in [-0.4, -0.2) is 56.9 Å². The van der Waals surface area contributed by atoms with E-state index in [-0.39, 0.29) is 11.3 Å². The van der Waals surface area contributed by atoms with Gasteiger partial charge in [-0.1, -0.05) is 30.7 Å². The summed E-state index contributed by atoms with van der Waals surface area (Å²) in [6.07, 6.45) is 5.50. The summed E-state index contributed by atoms with van der Waals surface area (Å²) < 4.78 is 17.7. The third-order valence-electron chi connectivity index (χ3n) is 7.00. The highest BCUT2D eigenvalue weighted by Gasteiger charge is 2.35. The zero-order chi connectivity index (χ0) is 23.6. The zero-order valence-electron chi connectivity index (χ0n) is 20.4. The van der Waals surface area contributed by atoms with Crippen molar-refractivity contribution in [2.24, 2.45) is 5.41 Å². The molecule has 4 rings (SSSR count). The summed E-state index contributed by atoms with van der Waals surface area (Å²) in [5, 5.41) is 2.94. The van der Waals surface area contributed by atoms with E-state index in [1.807, 2.05) is 31.2 Å². The maximum absolute atomic E-state index is 12.7. The lowest BCUT2D eigenvalue weighted by Crippen LogP contribution is -2.43. The van der Waals surface area contributed by atoms with E-state index in [9.17, 15) is 4.79 Å². The van der Waals surface area contributed by atoms with Gasteiger partial charge in [-0.25, -0.2) is 0 Å². The molecule has 1 spiro atoms. The van der Waals surface area contributed by atoms with Gasteiger partial charge in [0.1, 0.15) is 11.5 Å². The lowest BCUT2D eigenvalue weighted by Gasteiger charge is -2.42. The van der Waals surface area contributed by atoms with Gasteiger partial charge in [-0.05, 0) is 75.5 Å². The van der Waals surface area contributed by atoms with Crippen LogP contribution in [0.25, 0.3) is 0 Å². The van der Waals surface area contributed by atoms with E-state index in [4.69, 9.17) is 14.2 Å². The Morgan fingerprint density at radius 2 is 1.79 bits per heavy atom. The number of nitrogens with zero attached hydrogens (tertiary/aromatic N) is 1. The number of amides is 1. The lowest BCUT2D eigenvalue weighted by molar-refractivity contribution is 0.0384. The number of likely N-dealkylation sites (tertiary alicyclic amines) is 1. The first-order chi connectivity index (χ1) is 16.7. The quantitative estimate of drug-likeness (QED) is 0.709. The highest BCUT2D eigenvalue weighted by molar-refractivity contribution is 5.96. The smallest absolute Gasteiger partial charge is 0.255 e. The molecule has 2 heterocycles. The molecule has 6 heteroatoms. The second kappa shape index (κ2) is 12.2. The highest BCUT2D eigenvalue weighted by atomic mass is 16.5. The number of rotatable bonds is 4. The van der Waals surface area contributed by atoms with Crippen LogP contribution < -0.4 is 14.8 Å². The number of hydrogen-bond acceptors (Lipinski definition) is 5. The highest BCUT2D eigenvalue weighted by Crippen LogP contribution is 2.38.